The fraction of sp³-hybridized carbons (Fsp3) is 0.333. The van der Waals surface area contributed by atoms with Gasteiger partial charge in [-0.2, -0.15) is 0 Å². The van der Waals surface area contributed by atoms with E-state index in [2.05, 4.69) is 15.4 Å². The zero-order chi connectivity index (χ0) is 15.2. The molecule has 114 valence electrons. The second kappa shape index (κ2) is 5.03. The maximum absolute atomic E-state index is 13.0. The van der Waals surface area contributed by atoms with Gasteiger partial charge in [-0.25, -0.2) is 13.9 Å². The van der Waals surface area contributed by atoms with Gasteiger partial charge in [0.25, 0.3) is 0 Å². The normalized spacial score (nSPS) is 16.6. The Balaban J connectivity index is 1.53. The third kappa shape index (κ3) is 2.46. The van der Waals surface area contributed by atoms with Gasteiger partial charge in [0, 0.05) is 12.1 Å². The molecule has 1 aliphatic rings. The number of aliphatic hydroxyl groups is 1. The standard InChI is InChI=1S/C15H15FN4OS/c16-11-4-2-10(3-5-11)12-8-20-14(18-12)22-13(19-20)17-9-15(21)6-1-7-15/h2-5,8,21H,1,6-7,9H2,(H,17,19). The molecule has 0 bridgehead atoms. The summed E-state index contributed by atoms with van der Waals surface area (Å²) >= 11 is 1.44. The SMILES string of the molecule is OC1(CNc2nn3cc(-c4ccc(F)cc4)nc3s2)CCC1. The highest BCUT2D eigenvalue weighted by atomic mass is 32.1. The molecule has 0 atom stereocenters. The van der Waals surface area contributed by atoms with E-state index in [-0.39, 0.29) is 5.82 Å². The lowest BCUT2D eigenvalue weighted by atomic mass is 9.80. The summed E-state index contributed by atoms with van der Waals surface area (Å²) in [4.78, 5) is 5.27. The molecule has 22 heavy (non-hydrogen) atoms. The Morgan fingerprint density at radius 1 is 1.32 bits per heavy atom. The number of nitrogens with one attached hydrogen (secondary N) is 1. The first-order valence-electron chi connectivity index (χ1n) is 7.20. The van der Waals surface area contributed by atoms with Crippen molar-refractivity contribution < 1.29 is 9.50 Å². The first-order valence-corrected chi connectivity index (χ1v) is 8.01. The summed E-state index contributed by atoms with van der Waals surface area (Å²) < 4.78 is 14.7. The fourth-order valence-electron chi connectivity index (χ4n) is 2.53. The van der Waals surface area contributed by atoms with Crippen LogP contribution in [0.2, 0.25) is 0 Å². The van der Waals surface area contributed by atoms with E-state index in [1.165, 1.54) is 23.5 Å². The maximum Gasteiger partial charge on any atom is 0.214 e. The quantitative estimate of drug-likeness (QED) is 0.776. The van der Waals surface area contributed by atoms with Crippen LogP contribution in [0.25, 0.3) is 16.2 Å². The van der Waals surface area contributed by atoms with Crippen molar-refractivity contribution in [1.82, 2.24) is 14.6 Å². The second-order valence-electron chi connectivity index (χ2n) is 5.70. The van der Waals surface area contributed by atoms with Crippen LogP contribution in [0.1, 0.15) is 19.3 Å². The van der Waals surface area contributed by atoms with E-state index in [4.69, 9.17) is 0 Å². The topological polar surface area (TPSA) is 62.5 Å². The molecule has 0 radical (unpaired) electrons. The summed E-state index contributed by atoms with van der Waals surface area (Å²) in [5.74, 6) is -0.261. The van der Waals surface area contributed by atoms with Gasteiger partial charge in [-0.05, 0) is 43.5 Å². The van der Waals surface area contributed by atoms with Gasteiger partial charge in [-0.1, -0.05) is 11.3 Å². The molecule has 7 heteroatoms. The Morgan fingerprint density at radius 3 is 2.73 bits per heavy atom. The number of hydrogen-bond donors (Lipinski definition) is 2. The maximum atomic E-state index is 13.0. The van der Waals surface area contributed by atoms with Gasteiger partial charge < -0.3 is 10.4 Å². The van der Waals surface area contributed by atoms with Crippen molar-refractivity contribution in [3.63, 3.8) is 0 Å². The summed E-state index contributed by atoms with van der Waals surface area (Å²) in [6, 6.07) is 6.24. The van der Waals surface area contributed by atoms with Crippen molar-refractivity contribution >= 4 is 21.4 Å². The molecule has 4 rings (SSSR count). The Labute approximate surface area is 130 Å². The summed E-state index contributed by atoms with van der Waals surface area (Å²) in [7, 11) is 0. The molecule has 3 aromatic rings. The van der Waals surface area contributed by atoms with E-state index in [9.17, 15) is 9.50 Å². The van der Waals surface area contributed by atoms with Gasteiger partial charge in [0.2, 0.25) is 10.1 Å². The first kappa shape index (κ1) is 13.7. The van der Waals surface area contributed by atoms with Crippen molar-refractivity contribution in [2.75, 3.05) is 11.9 Å². The van der Waals surface area contributed by atoms with Crippen LogP contribution in [0.3, 0.4) is 0 Å². The van der Waals surface area contributed by atoms with Gasteiger partial charge in [-0.15, -0.1) is 5.10 Å². The zero-order valence-corrected chi connectivity index (χ0v) is 12.6. The van der Waals surface area contributed by atoms with E-state index in [1.807, 2.05) is 6.20 Å². The predicted molar refractivity (Wildman–Crippen MR) is 83.5 cm³/mol. The molecule has 5 nitrogen and oxygen atoms in total. The molecule has 0 amide bonds. The molecule has 0 unspecified atom stereocenters. The molecule has 1 fully saturated rings. The van der Waals surface area contributed by atoms with Crippen LogP contribution in [0, 0.1) is 5.82 Å². The molecule has 1 aliphatic carbocycles. The minimum Gasteiger partial charge on any atom is -0.388 e. The van der Waals surface area contributed by atoms with Crippen LogP contribution >= 0.6 is 11.3 Å². The summed E-state index contributed by atoms with van der Waals surface area (Å²) in [5.41, 5.74) is 1.05. The summed E-state index contributed by atoms with van der Waals surface area (Å²) in [6.45, 7) is 0.522. The van der Waals surface area contributed by atoms with Crippen LogP contribution in [0.15, 0.2) is 30.5 Å². The van der Waals surface area contributed by atoms with Crippen LogP contribution in [-0.2, 0) is 0 Å². The van der Waals surface area contributed by atoms with E-state index in [0.717, 1.165) is 40.6 Å². The third-order valence-electron chi connectivity index (χ3n) is 4.04. The van der Waals surface area contributed by atoms with Crippen molar-refractivity contribution in [2.24, 2.45) is 0 Å². The van der Waals surface area contributed by atoms with Crippen molar-refractivity contribution in [1.29, 1.82) is 0 Å². The van der Waals surface area contributed by atoms with E-state index >= 15 is 0 Å². The van der Waals surface area contributed by atoms with Crippen LogP contribution in [0.5, 0.6) is 0 Å². The molecular weight excluding hydrogens is 303 g/mol. The Bertz CT molecular complexity index is 775. The molecule has 0 saturated heterocycles. The minimum atomic E-state index is -0.576. The zero-order valence-electron chi connectivity index (χ0n) is 11.8. The highest BCUT2D eigenvalue weighted by Crippen LogP contribution is 2.32. The fourth-order valence-corrected chi connectivity index (χ4v) is 3.31. The average Bonchev–Trinajstić information content (AvgIpc) is 3.02. The van der Waals surface area contributed by atoms with Crippen LogP contribution < -0.4 is 5.32 Å². The Morgan fingerprint density at radius 2 is 2.09 bits per heavy atom. The van der Waals surface area contributed by atoms with Gasteiger partial charge in [0.15, 0.2) is 0 Å². The van der Waals surface area contributed by atoms with Crippen molar-refractivity contribution in [2.45, 2.75) is 24.9 Å². The van der Waals surface area contributed by atoms with E-state index < -0.39 is 5.60 Å². The van der Waals surface area contributed by atoms with Crippen LogP contribution in [0.4, 0.5) is 9.52 Å². The molecule has 2 N–H and O–H groups in total. The van der Waals surface area contributed by atoms with Gasteiger partial charge in [-0.3, -0.25) is 0 Å². The molecule has 1 saturated carbocycles. The largest absolute Gasteiger partial charge is 0.388 e. The minimum absolute atomic E-state index is 0.261. The van der Waals surface area contributed by atoms with Crippen molar-refractivity contribution in [3.05, 3.63) is 36.3 Å². The predicted octanol–water partition coefficient (Wildman–Crippen LogP) is 2.92. The number of nitrogens with zero attached hydrogens (tertiary/aromatic N) is 3. The number of anilines is 1. The molecule has 0 aliphatic heterocycles. The number of benzene rings is 1. The van der Waals surface area contributed by atoms with Gasteiger partial charge in [0.05, 0.1) is 17.5 Å². The first-order chi connectivity index (χ1) is 10.6. The monoisotopic (exact) mass is 318 g/mol. The molecular formula is C15H15FN4OS. The lowest BCUT2D eigenvalue weighted by molar-refractivity contribution is -0.0202. The second-order valence-corrected chi connectivity index (χ2v) is 6.65. The average molecular weight is 318 g/mol. The summed E-state index contributed by atoms with van der Waals surface area (Å²) in [6.07, 6.45) is 4.59. The number of halogens is 1. The Hall–Kier alpha value is -1.99. The number of aromatic nitrogens is 3. The number of fused-ring (bicyclic) bond motifs is 1. The molecule has 2 heterocycles. The molecule has 2 aromatic heterocycles. The van der Waals surface area contributed by atoms with Gasteiger partial charge in [0.1, 0.15) is 5.82 Å². The number of imidazole rings is 1. The van der Waals surface area contributed by atoms with Gasteiger partial charge >= 0.3 is 0 Å². The lowest BCUT2D eigenvalue weighted by Gasteiger charge is -2.36. The van der Waals surface area contributed by atoms with Crippen molar-refractivity contribution in [3.8, 4) is 11.3 Å². The molecule has 1 aromatic carbocycles. The highest BCUT2D eigenvalue weighted by Gasteiger charge is 2.34. The molecule has 0 spiro atoms. The summed E-state index contributed by atoms with van der Waals surface area (Å²) in [5, 5.41) is 18.4. The smallest absolute Gasteiger partial charge is 0.214 e. The van der Waals surface area contributed by atoms with E-state index in [1.54, 1.807) is 16.6 Å². The third-order valence-corrected chi connectivity index (χ3v) is 4.92. The number of hydrogen-bond acceptors (Lipinski definition) is 5. The Kier molecular flexibility index (Phi) is 3.12. The van der Waals surface area contributed by atoms with E-state index in [0.29, 0.717) is 6.54 Å². The highest BCUT2D eigenvalue weighted by molar-refractivity contribution is 7.20. The lowest BCUT2D eigenvalue weighted by Crippen LogP contribution is -2.43. The number of rotatable bonds is 4. The van der Waals surface area contributed by atoms with Crippen LogP contribution in [-0.4, -0.2) is 31.9 Å².